The molecule has 1 aromatic heterocycles. The molecule has 5 nitrogen and oxygen atoms in total. The molecule has 0 unspecified atom stereocenters. The van der Waals surface area contributed by atoms with Crippen molar-refractivity contribution in [2.24, 2.45) is 0 Å². The summed E-state index contributed by atoms with van der Waals surface area (Å²) in [6.45, 7) is 1.77. The Labute approximate surface area is 162 Å². The molecule has 1 aliphatic rings. The first-order valence-electron chi connectivity index (χ1n) is 9.14. The zero-order chi connectivity index (χ0) is 18.6. The number of hydrogen-bond donors (Lipinski definition) is 1. The van der Waals surface area contributed by atoms with Crippen LogP contribution in [-0.4, -0.2) is 16.0 Å². The summed E-state index contributed by atoms with van der Waals surface area (Å²) in [6, 6.07) is 13.8. The molecule has 1 amide bonds. The predicted molar refractivity (Wildman–Crippen MR) is 106 cm³/mol. The summed E-state index contributed by atoms with van der Waals surface area (Å²) in [7, 11) is 0. The summed E-state index contributed by atoms with van der Waals surface area (Å²) in [5, 5.41) is 7.04. The lowest BCUT2D eigenvalue weighted by Gasteiger charge is -2.20. The van der Waals surface area contributed by atoms with Crippen molar-refractivity contribution in [3.63, 3.8) is 0 Å². The number of carbonyl (C=O) groups excluding carboxylic acids is 1. The molecular weight excluding hydrogens is 358 g/mol. The van der Waals surface area contributed by atoms with Gasteiger partial charge in [-0.25, -0.2) is 0 Å². The Balaban J connectivity index is 1.52. The number of benzene rings is 2. The minimum Gasteiger partial charge on any atom is -0.340 e. The van der Waals surface area contributed by atoms with Gasteiger partial charge in [-0.05, 0) is 55.0 Å². The van der Waals surface area contributed by atoms with Gasteiger partial charge in [-0.1, -0.05) is 29.4 Å². The van der Waals surface area contributed by atoms with Gasteiger partial charge in [-0.2, -0.15) is 4.98 Å². The molecule has 2 aromatic carbocycles. The lowest BCUT2D eigenvalue weighted by atomic mass is 9.90. The van der Waals surface area contributed by atoms with Crippen LogP contribution in [0.1, 0.15) is 46.0 Å². The Kier molecular flexibility index (Phi) is 5.25. The van der Waals surface area contributed by atoms with Gasteiger partial charge in [-0.15, -0.1) is 11.8 Å². The van der Waals surface area contributed by atoms with Crippen LogP contribution in [0, 0.1) is 6.92 Å². The number of aromatic nitrogens is 2. The molecule has 0 atom stereocenters. The van der Waals surface area contributed by atoms with Gasteiger partial charge >= 0.3 is 0 Å². The van der Waals surface area contributed by atoms with Crippen molar-refractivity contribution in [2.45, 2.75) is 43.3 Å². The molecule has 1 heterocycles. The predicted octanol–water partition coefficient (Wildman–Crippen LogP) is 4.80. The van der Waals surface area contributed by atoms with Gasteiger partial charge in [0.25, 0.3) is 5.91 Å². The minimum absolute atomic E-state index is 0.0821. The number of aryl methyl sites for hydroxylation is 2. The van der Waals surface area contributed by atoms with E-state index in [1.54, 1.807) is 6.92 Å². The molecule has 3 aromatic rings. The van der Waals surface area contributed by atoms with Gasteiger partial charge in [0.2, 0.25) is 5.89 Å². The van der Waals surface area contributed by atoms with E-state index in [-0.39, 0.29) is 5.91 Å². The largest absolute Gasteiger partial charge is 0.340 e. The van der Waals surface area contributed by atoms with Crippen LogP contribution in [-0.2, 0) is 18.6 Å². The third kappa shape index (κ3) is 4.06. The summed E-state index contributed by atoms with van der Waals surface area (Å²) in [4.78, 5) is 18.1. The second kappa shape index (κ2) is 7.96. The van der Waals surface area contributed by atoms with Gasteiger partial charge in [0.05, 0.1) is 11.3 Å². The van der Waals surface area contributed by atoms with E-state index in [1.807, 2.05) is 36.4 Å². The molecule has 1 aliphatic carbocycles. The van der Waals surface area contributed by atoms with Crippen LogP contribution < -0.4 is 5.32 Å². The molecule has 0 spiro atoms. The molecule has 0 radical (unpaired) electrons. The van der Waals surface area contributed by atoms with Crippen molar-refractivity contribution in [1.29, 1.82) is 0 Å². The number of thioether (sulfide) groups is 1. The molecule has 0 fully saturated rings. The maximum Gasteiger partial charge on any atom is 0.256 e. The number of amides is 1. The SMILES string of the molecule is Cc1nc(CSc2ccccc2C(=O)Nc2cccc3c2CCCC3)no1. The van der Waals surface area contributed by atoms with E-state index in [4.69, 9.17) is 4.52 Å². The van der Waals surface area contributed by atoms with Crippen molar-refractivity contribution in [2.75, 3.05) is 5.32 Å². The number of rotatable bonds is 5. The van der Waals surface area contributed by atoms with Crippen molar-refractivity contribution in [3.05, 3.63) is 70.9 Å². The molecule has 4 rings (SSSR count). The maximum absolute atomic E-state index is 13.0. The Bertz CT molecular complexity index is 968. The highest BCUT2D eigenvalue weighted by atomic mass is 32.2. The zero-order valence-electron chi connectivity index (χ0n) is 15.2. The van der Waals surface area contributed by atoms with E-state index in [9.17, 15) is 4.79 Å². The summed E-state index contributed by atoms with van der Waals surface area (Å²) >= 11 is 1.54. The van der Waals surface area contributed by atoms with Crippen LogP contribution in [0.15, 0.2) is 51.9 Å². The fraction of sp³-hybridized carbons (Fsp3) is 0.286. The first kappa shape index (κ1) is 17.8. The van der Waals surface area contributed by atoms with Crippen LogP contribution >= 0.6 is 11.8 Å². The monoisotopic (exact) mass is 379 g/mol. The van der Waals surface area contributed by atoms with E-state index in [0.29, 0.717) is 23.0 Å². The second-order valence-electron chi connectivity index (χ2n) is 6.62. The molecule has 138 valence electrons. The van der Waals surface area contributed by atoms with Crippen molar-refractivity contribution in [1.82, 2.24) is 10.1 Å². The third-order valence-electron chi connectivity index (χ3n) is 4.70. The molecule has 0 saturated heterocycles. The van der Waals surface area contributed by atoms with Crippen LogP contribution in [0.4, 0.5) is 5.69 Å². The molecule has 0 aliphatic heterocycles. The highest BCUT2D eigenvalue weighted by molar-refractivity contribution is 7.98. The Morgan fingerprint density at radius 1 is 1.15 bits per heavy atom. The minimum atomic E-state index is -0.0821. The van der Waals surface area contributed by atoms with E-state index in [0.717, 1.165) is 23.4 Å². The molecule has 0 saturated carbocycles. The zero-order valence-corrected chi connectivity index (χ0v) is 16.0. The normalized spacial score (nSPS) is 13.2. The van der Waals surface area contributed by atoms with E-state index >= 15 is 0 Å². The first-order valence-corrected chi connectivity index (χ1v) is 10.1. The lowest BCUT2D eigenvalue weighted by Crippen LogP contribution is -2.16. The van der Waals surface area contributed by atoms with Crippen LogP contribution in [0.5, 0.6) is 0 Å². The number of hydrogen-bond acceptors (Lipinski definition) is 5. The van der Waals surface area contributed by atoms with E-state index < -0.39 is 0 Å². The van der Waals surface area contributed by atoms with Crippen LogP contribution in [0.3, 0.4) is 0 Å². The quantitative estimate of drug-likeness (QED) is 0.645. The summed E-state index contributed by atoms with van der Waals surface area (Å²) in [5.41, 5.74) is 4.24. The summed E-state index contributed by atoms with van der Waals surface area (Å²) in [5.74, 6) is 1.65. The van der Waals surface area contributed by atoms with E-state index in [1.165, 1.54) is 35.7 Å². The number of carbonyl (C=O) groups is 1. The van der Waals surface area contributed by atoms with Gasteiger partial charge in [0, 0.05) is 17.5 Å². The average Bonchev–Trinajstić information content (AvgIpc) is 3.12. The standard InChI is InChI=1S/C21H21N3O2S/c1-14-22-20(24-26-14)13-27-19-12-5-4-10-17(19)21(25)23-18-11-6-8-15-7-2-3-9-16(15)18/h4-6,8,10-12H,2-3,7,9,13H2,1H3,(H,23,25). The number of anilines is 1. The number of nitrogens with one attached hydrogen (secondary N) is 1. The first-order chi connectivity index (χ1) is 13.2. The molecular formula is C21H21N3O2S. The Morgan fingerprint density at radius 3 is 2.85 bits per heavy atom. The number of fused-ring (bicyclic) bond motifs is 1. The topological polar surface area (TPSA) is 68.0 Å². The average molecular weight is 379 g/mol. The van der Waals surface area contributed by atoms with Crippen LogP contribution in [0.25, 0.3) is 0 Å². The fourth-order valence-electron chi connectivity index (χ4n) is 3.41. The third-order valence-corrected chi connectivity index (χ3v) is 5.77. The van der Waals surface area contributed by atoms with Crippen molar-refractivity contribution < 1.29 is 9.32 Å². The van der Waals surface area contributed by atoms with Crippen molar-refractivity contribution in [3.8, 4) is 0 Å². The van der Waals surface area contributed by atoms with E-state index in [2.05, 4.69) is 21.5 Å². The van der Waals surface area contributed by atoms with Gasteiger partial charge in [-0.3, -0.25) is 4.79 Å². The maximum atomic E-state index is 13.0. The van der Waals surface area contributed by atoms with Gasteiger partial charge in [0.1, 0.15) is 0 Å². The van der Waals surface area contributed by atoms with Crippen LogP contribution in [0.2, 0.25) is 0 Å². The highest BCUT2D eigenvalue weighted by Crippen LogP contribution is 2.30. The number of nitrogens with zero attached hydrogens (tertiary/aromatic N) is 2. The Hall–Kier alpha value is -2.60. The Morgan fingerprint density at radius 2 is 2.00 bits per heavy atom. The summed E-state index contributed by atoms with van der Waals surface area (Å²) in [6.07, 6.45) is 4.52. The molecule has 1 N–H and O–H groups in total. The highest BCUT2D eigenvalue weighted by Gasteiger charge is 2.17. The molecule has 6 heteroatoms. The summed E-state index contributed by atoms with van der Waals surface area (Å²) < 4.78 is 5.01. The smallest absolute Gasteiger partial charge is 0.256 e. The lowest BCUT2D eigenvalue weighted by molar-refractivity contribution is 0.102. The molecule has 0 bridgehead atoms. The fourth-order valence-corrected chi connectivity index (χ4v) is 4.30. The molecule has 27 heavy (non-hydrogen) atoms. The second-order valence-corrected chi connectivity index (χ2v) is 7.64. The van der Waals surface area contributed by atoms with Gasteiger partial charge < -0.3 is 9.84 Å². The van der Waals surface area contributed by atoms with Crippen molar-refractivity contribution >= 4 is 23.4 Å². The van der Waals surface area contributed by atoms with Gasteiger partial charge in [0.15, 0.2) is 5.82 Å².